The number of benzene rings is 1. The molecular formula is C27H39ClN6O3S2. The van der Waals surface area contributed by atoms with Crippen LogP contribution in [-0.2, 0) is 9.84 Å². The highest BCUT2D eigenvalue weighted by Gasteiger charge is 2.26. The first kappa shape index (κ1) is 31.1. The Morgan fingerprint density at radius 2 is 1.79 bits per heavy atom. The lowest BCUT2D eigenvalue weighted by atomic mass is 9.87. The summed E-state index contributed by atoms with van der Waals surface area (Å²) in [4.78, 5) is 8.86. The molecule has 3 aromatic rings. The molecule has 214 valence electrons. The van der Waals surface area contributed by atoms with E-state index in [0.717, 1.165) is 48.9 Å². The van der Waals surface area contributed by atoms with Crippen LogP contribution in [-0.4, -0.2) is 47.2 Å². The average Bonchev–Trinajstić information content (AvgIpc) is 3.38. The minimum absolute atomic E-state index is 0.0140. The van der Waals surface area contributed by atoms with E-state index in [1.54, 1.807) is 19.2 Å². The van der Waals surface area contributed by atoms with Crippen molar-refractivity contribution in [1.29, 1.82) is 0 Å². The molecule has 1 saturated heterocycles. The topological polar surface area (TPSA) is 118 Å². The van der Waals surface area contributed by atoms with Crippen LogP contribution >= 0.6 is 23.1 Å². The summed E-state index contributed by atoms with van der Waals surface area (Å²) in [6, 6.07) is 4.19. The van der Waals surface area contributed by atoms with Gasteiger partial charge in [-0.3, -0.25) is 0 Å². The summed E-state index contributed by atoms with van der Waals surface area (Å²) in [5.74, 6) is 1.79. The summed E-state index contributed by atoms with van der Waals surface area (Å²) >= 11 is 7.42. The predicted octanol–water partition coefficient (Wildman–Crippen LogP) is 6.84. The molecule has 2 aromatic heterocycles. The van der Waals surface area contributed by atoms with Gasteiger partial charge in [-0.1, -0.05) is 25.4 Å². The number of ether oxygens (including phenoxy) is 1. The Hall–Kier alpha value is -2.47. The molecule has 0 saturated carbocycles. The maximum atomic E-state index is 12.7. The number of aromatic nitrogens is 3. The van der Waals surface area contributed by atoms with E-state index in [1.807, 2.05) is 27.7 Å². The normalized spacial score (nSPS) is 14.2. The van der Waals surface area contributed by atoms with Gasteiger partial charge in [0, 0.05) is 5.38 Å². The molecule has 1 aliphatic rings. The zero-order valence-corrected chi connectivity index (χ0v) is 26.0. The van der Waals surface area contributed by atoms with Crippen molar-refractivity contribution in [3.05, 3.63) is 39.9 Å². The molecule has 4 rings (SSSR count). The predicted molar refractivity (Wildman–Crippen MR) is 161 cm³/mol. The van der Waals surface area contributed by atoms with E-state index in [9.17, 15) is 8.42 Å². The molecule has 0 radical (unpaired) electrons. The summed E-state index contributed by atoms with van der Waals surface area (Å²) < 4.78 is 35.7. The maximum Gasteiger partial charge on any atom is 0.229 e. The lowest BCUT2D eigenvalue weighted by molar-refractivity contribution is 0.243. The van der Waals surface area contributed by atoms with E-state index < -0.39 is 15.1 Å². The fourth-order valence-corrected chi connectivity index (χ4v) is 6.37. The summed E-state index contributed by atoms with van der Waals surface area (Å²) in [6.45, 7) is 15.4. The van der Waals surface area contributed by atoms with Crippen molar-refractivity contribution >= 4 is 56.1 Å². The lowest BCUT2D eigenvalue weighted by Gasteiger charge is -2.26. The maximum absolute atomic E-state index is 12.7. The zero-order chi connectivity index (χ0) is 28.7. The van der Waals surface area contributed by atoms with Gasteiger partial charge in [0.25, 0.3) is 0 Å². The molecule has 9 nitrogen and oxygen atoms in total. The van der Waals surface area contributed by atoms with Crippen LogP contribution in [0, 0.1) is 6.92 Å². The fraction of sp³-hybridized carbons (Fsp3) is 0.519. The third kappa shape index (κ3) is 7.59. The summed E-state index contributed by atoms with van der Waals surface area (Å²) in [6.07, 6.45) is 3.64. The number of anilines is 4. The van der Waals surface area contributed by atoms with Crippen molar-refractivity contribution in [2.45, 2.75) is 83.6 Å². The van der Waals surface area contributed by atoms with Crippen LogP contribution in [0.2, 0.25) is 5.02 Å². The standard InChI is InChI=1S/C25H33ClN6O3S2.C2H6/c1-14(2)35-22-11-18(17-6-8-27-9-7-17)16(5)10-20(22)30-25-28-12-19(26)23(31-25)29-21-13-36-32-24(21)37(33,34)15(3)4;1-2/h10-15,17,27H,6-9H2,1-5H3,(H2,28,29,30,31);1-2H3. The van der Waals surface area contributed by atoms with Gasteiger partial charge in [-0.05, 0) is 101 Å². The highest BCUT2D eigenvalue weighted by Crippen LogP contribution is 2.37. The summed E-state index contributed by atoms with van der Waals surface area (Å²) in [5.41, 5.74) is 3.55. The number of aryl methyl sites for hydroxylation is 1. The van der Waals surface area contributed by atoms with E-state index in [1.165, 1.54) is 17.3 Å². The number of hydrogen-bond acceptors (Lipinski definition) is 10. The first-order chi connectivity index (χ1) is 18.6. The molecule has 0 aliphatic carbocycles. The smallest absolute Gasteiger partial charge is 0.229 e. The number of sulfone groups is 1. The van der Waals surface area contributed by atoms with Crippen molar-refractivity contribution in [3.8, 4) is 5.75 Å². The van der Waals surface area contributed by atoms with Gasteiger partial charge in [-0.15, -0.1) is 0 Å². The molecule has 0 unspecified atom stereocenters. The van der Waals surface area contributed by atoms with Crippen LogP contribution in [0.1, 0.15) is 71.4 Å². The van der Waals surface area contributed by atoms with Crippen LogP contribution < -0.4 is 20.7 Å². The number of hydrogen-bond donors (Lipinski definition) is 3. The van der Waals surface area contributed by atoms with Gasteiger partial charge in [0.2, 0.25) is 15.8 Å². The van der Waals surface area contributed by atoms with Crippen LogP contribution in [0.4, 0.5) is 23.1 Å². The molecule has 1 aromatic carbocycles. The second-order valence-corrected chi connectivity index (χ2v) is 13.1. The Morgan fingerprint density at radius 3 is 2.44 bits per heavy atom. The van der Waals surface area contributed by atoms with Crippen LogP contribution in [0.3, 0.4) is 0 Å². The molecular weight excluding hydrogens is 556 g/mol. The molecule has 12 heteroatoms. The van der Waals surface area contributed by atoms with Crippen molar-refractivity contribution in [3.63, 3.8) is 0 Å². The third-order valence-corrected chi connectivity index (χ3v) is 9.29. The first-order valence-corrected chi connectivity index (χ1v) is 16.1. The summed E-state index contributed by atoms with van der Waals surface area (Å²) in [7, 11) is -3.58. The van der Waals surface area contributed by atoms with Crippen molar-refractivity contribution < 1.29 is 13.2 Å². The molecule has 3 N–H and O–H groups in total. The zero-order valence-electron chi connectivity index (χ0n) is 23.6. The van der Waals surface area contributed by atoms with Crippen molar-refractivity contribution in [2.24, 2.45) is 0 Å². The number of piperidine rings is 1. The van der Waals surface area contributed by atoms with Gasteiger partial charge in [0.1, 0.15) is 10.8 Å². The summed E-state index contributed by atoms with van der Waals surface area (Å²) in [5, 5.41) is 11.0. The van der Waals surface area contributed by atoms with Gasteiger partial charge in [-0.2, -0.15) is 9.36 Å². The van der Waals surface area contributed by atoms with Gasteiger partial charge >= 0.3 is 0 Å². The number of rotatable bonds is 9. The number of nitrogens with zero attached hydrogens (tertiary/aromatic N) is 3. The number of nitrogens with one attached hydrogen (secondary N) is 3. The van der Waals surface area contributed by atoms with Crippen molar-refractivity contribution in [1.82, 2.24) is 19.7 Å². The van der Waals surface area contributed by atoms with E-state index in [0.29, 0.717) is 17.6 Å². The Bertz CT molecular complexity index is 1360. The Balaban J connectivity index is 0.00000205. The SMILES string of the molecule is CC.Cc1cc(Nc2ncc(Cl)c(Nc3csnc3S(=O)(=O)C(C)C)n2)c(OC(C)C)cc1C1CCNCC1. The van der Waals surface area contributed by atoms with E-state index in [4.69, 9.17) is 16.3 Å². The molecule has 1 aliphatic heterocycles. The van der Waals surface area contributed by atoms with Crippen molar-refractivity contribution in [2.75, 3.05) is 23.7 Å². The Morgan fingerprint density at radius 1 is 1.10 bits per heavy atom. The van der Waals surface area contributed by atoms with E-state index in [-0.39, 0.29) is 22.0 Å². The molecule has 0 spiro atoms. The van der Waals surface area contributed by atoms with Crippen LogP contribution in [0.15, 0.2) is 28.7 Å². The molecule has 0 amide bonds. The van der Waals surface area contributed by atoms with Gasteiger partial charge < -0.3 is 20.7 Å². The average molecular weight is 595 g/mol. The monoisotopic (exact) mass is 594 g/mol. The van der Waals surface area contributed by atoms with Crippen LogP contribution in [0.25, 0.3) is 0 Å². The van der Waals surface area contributed by atoms with E-state index >= 15 is 0 Å². The molecule has 1 fully saturated rings. The van der Waals surface area contributed by atoms with Crippen LogP contribution in [0.5, 0.6) is 5.75 Å². The largest absolute Gasteiger partial charge is 0.489 e. The Labute approximate surface area is 241 Å². The minimum atomic E-state index is -3.58. The molecule has 3 heterocycles. The number of halogens is 1. The highest BCUT2D eigenvalue weighted by atomic mass is 35.5. The second kappa shape index (κ2) is 13.7. The van der Waals surface area contributed by atoms with Gasteiger partial charge in [0.15, 0.2) is 10.8 Å². The highest BCUT2D eigenvalue weighted by molar-refractivity contribution is 7.92. The minimum Gasteiger partial charge on any atom is -0.489 e. The molecule has 0 bridgehead atoms. The van der Waals surface area contributed by atoms with E-state index in [2.05, 4.69) is 49.3 Å². The molecule has 39 heavy (non-hydrogen) atoms. The third-order valence-electron chi connectivity index (χ3n) is 6.18. The molecule has 0 atom stereocenters. The van der Waals surface area contributed by atoms with Gasteiger partial charge in [-0.25, -0.2) is 13.4 Å². The second-order valence-electron chi connectivity index (χ2n) is 9.66. The first-order valence-electron chi connectivity index (χ1n) is 13.3. The lowest BCUT2D eigenvalue weighted by Crippen LogP contribution is -2.27. The Kier molecular flexibility index (Phi) is 10.9. The van der Waals surface area contributed by atoms with Gasteiger partial charge in [0.05, 0.1) is 28.9 Å². The quantitative estimate of drug-likeness (QED) is 0.244. The fourth-order valence-electron chi connectivity index (χ4n) is 4.23.